The number of aldehydes is 2. The fourth-order valence-electron chi connectivity index (χ4n) is 3.38. The average molecular weight is 632 g/mol. The highest BCUT2D eigenvalue weighted by Crippen LogP contribution is 2.21. The lowest BCUT2D eigenvalue weighted by Crippen LogP contribution is -2.05. The Hall–Kier alpha value is -4.54. The van der Waals surface area contributed by atoms with E-state index in [2.05, 4.69) is 15.9 Å². The molecule has 0 aliphatic heterocycles. The molecule has 8 nitrogen and oxygen atoms in total. The van der Waals surface area contributed by atoms with Crippen LogP contribution < -0.4 is 4.65 Å². The lowest BCUT2D eigenvalue weighted by Gasteiger charge is -2.06. The van der Waals surface area contributed by atoms with Crippen LogP contribution in [-0.4, -0.2) is 50.4 Å². The summed E-state index contributed by atoms with van der Waals surface area (Å²) in [6.45, 7) is 4.19. The maximum Gasteiger partial charge on any atom is 0.569 e. The van der Waals surface area contributed by atoms with Gasteiger partial charge in [0.05, 0.1) is 24.3 Å². The van der Waals surface area contributed by atoms with Gasteiger partial charge in [-0.15, -0.1) is 0 Å². The minimum absolute atomic E-state index is 0.329. The molecule has 4 aromatic carbocycles. The average Bonchev–Trinajstić information content (AvgIpc) is 3.02. The van der Waals surface area contributed by atoms with E-state index in [1.165, 1.54) is 6.07 Å². The molecule has 0 fully saturated rings. The number of carbonyl (C=O) groups excluding carboxylic acids is 4. The Morgan fingerprint density at radius 2 is 1.21 bits per heavy atom. The van der Waals surface area contributed by atoms with Gasteiger partial charge in [0.2, 0.25) is 0 Å². The molecule has 0 saturated heterocycles. The van der Waals surface area contributed by atoms with E-state index in [0.29, 0.717) is 48.9 Å². The van der Waals surface area contributed by atoms with Crippen molar-refractivity contribution in [1.82, 2.24) is 0 Å². The number of hydrogen-bond acceptors (Lipinski definition) is 8. The van der Waals surface area contributed by atoms with Crippen LogP contribution in [0.2, 0.25) is 0 Å². The predicted octanol–water partition coefficient (Wildman–Crippen LogP) is 6.37. The summed E-state index contributed by atoms with van der Waals surface area (Å²) < 4.78 is 15.4. The van der Waals surface area contributed by atoms with E-state index in [1.807, 2.05) is 30.3 Å². The van der Waals surface area contributed by atoms with Crippen LogP contribution in [0.25, 0.3) is 11.1 Å². The van der Waals surface area contributed by atoms with E-state index >= 15 is 0 Å². The van der Waals surface area contributed by atoms with Gasteiger partial charge in [0.15, 0.2) is 0 Å². The van der Waals surface area contributed by atoms with Gasteiger partial charge in [-0.1, -0.05) is 64.5 Å². The van der Waals surface area contributed by atoms with Crippen molar-refractivity contribution in [3.8, 4) is 16.9 Å². The molecule has 1 N–H and O–H groups in total. The fraction of sp³-hybridized carbons (Fsp3) is 0.125. The molecular weight excluding hydrogens is 603 g/mol. The normalized spacial score (nSPS) is 9.52. The van der Waals surface area contributed by atoms with E-state index in [9.17, 15) is 19.2 Å². The predicted molar refractivity (Wildman–Crippen MR) is 164 cm³/mol. The van der Waals surface area contributed by atoms with Crippen LogP contribution in [0.4, 0.5) is 0 Å². The third-order valence-electron chi connectivity index (χ3n) is 5.25. The zero-order valence-electron chi connectivity index (χ0n) is 23.1. The van der Waals surface area contributed by atoms with Crippen LogP contribution in [0.3, 0.4) is 0 Å². The Bertz CT molecular complexity index is 1470. The summed E-state index contributed by atoms with van der Waals surface area (Å²) in [4.78, 5) is 43.8. The summed E-state index contributed by atoms with van der Waals surface area (Å²) in [5.41, 5.74) is 4.00. The molecular formula is C32H29BBrO8. The molecule has 4 aromatic rings. The molecule has 4 rings (SSSR count). The lowest BCUT2D eigenvalue weighted by molar-refractivity contribution is 0.0516. The number of esters is 2. The van der Waals surface area contributed by atoms with Gasteiger partial charge in [-0.05, 0) is 73.5 Å². The van der Waals surface area contributed by atoms with Crippen molar-refractivity contribution < 1.29 is 38.3 Å². The van der Waals surface area contributed by atoms with Crippen molar-refractivity contribution in [2.75, 3.05) is 13.2 Å². The molecule has 1 radical (unpaired) electrons. The van der Waals surface area contributed by atoms with Gasteiger partial charge in [-0.3, -0.25) is 9.59 Å². The van der Waals surface area contributed by atoms with Crippen LogP contribution in [0.15, 0.2) is 102 Å². The fourth-order valence-corrected chi connectivity index (χ4v) is 3.80. The maximum atomic E-state index is 11.7. The number of ether oxygens (including phenoxy) is 2. The van der Waals surface area contributed by atoms with Gasteiger partial charge < -0.3 is 19.2 Å². The molecule has 0 atom stereocenters. The largest absolute Gasteiger partial charge is 0.569 e. The highest BCUT2D eigenvalue weighted by atomic mass is 79.9. The highest BCUT2D eigenvalue weighted by Gasteiger charge is 2.08. The molecule has 42 heavy (non-hydrogen) atoms. The van der Waals surface area contributed by atoms with E-state index in [-0.39, 0.29) is 5.97 Å². The third kappa shape index (κ3) is 11.5. The summed E-state index contributed by atoms with van der Waals surface area (Å²) in [5, 5.41) is 8.39. The molecule has 0 amide bonds. The molecule has 0 heterocycles. The van der Waals surface area contributed by atoms with Crippen LogP contribution in [-0.2, 0) is 9.47 Å². The Balaban J connectivity index is 0.000000235. The second-order valence-electron chi connectivity index (χ2n) is 8.19. The Kier molecular flexibility index (Phi) is 15.0. The van der Waals surface area contributed by atoms with E-state index in [1.54, 1.807) is 74.5 Å². The van der Waals surface area contributed by atoms with E-state index in [0.717, 1.165) is 28.2 Å². The summed E-state index contributed by atoms with van der Waals surface area (Å²) in [5.74, 6) is -0.357. The topological polar surface area (TPSA) is 116 Å². The molecule has 215 valence electrons. The lowest BCUT2D eigenvalue weighted by atomic mass is 10.0. The van der Waals surface area contributed by atoms with Crippen LogP contribution >= 0.6 is 15.9 Å². The highest BCUT2D eigenvalue weighted by molar-refractivity contribution is 9.10. The van der Waals surface area contributed by atoms with Crippen molar-refractivity contribution in [3.05, 3.63) is 124 Å². The van der Waals surface area contributed by atoms with Crippen molar-refractivity contribution in [1.29, 1.82) is 0 Å². The summed E-state index contributed by atoms with van der Waals surface area (Å²) in [6.07, 6.45) is 1.63. The number of halogens is 1. The quantitative estimate of drug-likeness (QED) is 0.129. The van der Waals surface area contributed by atoms with E-state index < -0.39 is 5.97 Å². The molecule has 0 saturated carbocycles. The zero-order chi connectivity index (χ0) is 30.7. The van der Waals surface area contributed by atoms with Crippen LogP contribution in [0.5, 0.6) is 5.75 Å². The standard InChI is InChI=1S/C16H14O3.C9H10BO4.C7H5BrO/c1-2-19-16(18)15-8-4-7-14(10-15)13-6-3-5-12(9-13)11-17;1-2-13-9(11)7-4-3-5-8(6-7)14-10-12;8-7-3-1-2-6(4-7)5-9/h3-11H,2H2,1H3;3-6,12H,2H2,1H3;1-5H. The molecule has 0 unspecified atom stereocenters. The van der Waals surface area contributed by atoms with Gasteiger partial charge in [0, 0.05) is 15.6 Å². The molecule has 0 aliphatic rings. The van der Waals surface area contributed by atoms with E-state index in [4.69, 9.17) is 19.2 Å². The van der Waals surface area contributed by atoms with Crippen molar-refractivity contribution >= 4 is 48.1 Å². The first-order valence-electron chi connectivity index (χ1n) is 12.8. The molecule has 10 heteroatoms. The van der Waals surface area contributed by atoms with Gasteiger partial charge in [-0.2, -0.15) is 0 Å². The van der Waals surface area contributed by atoms with Crippen molar-refractivity contribution in [2.45, 2.75) is 13.8 Å². The minimum atomic E-state index is -0.407. The molecule has 0 spiro atoms. The third-order valence-corrected chi connectivity index (χ3v) is 5.74. The van der Waals surface area contributed by atoms with Crippen LogP contribution in [0.1, 0.15) is 55.3 Å². The first-order chi connectivity index (χ1) is 20.3. The minimum Gasteiger partial charge on any atom is -0.537 e. The molecule has 0 bridgehead atoms. The monoisotopic (exact) mass is 631 g/mol. The number of hydrogen-bond donors (Lipinski definition) is 1. The Morgan fingerprint density at radius 1 is 0.714 bits per heavy atom. The Morgan fingerprint density at radius 3 is 1.74 bits per heavy atom. The second kappa shape index (κ2) is 18.7. The van der Waals surface area contributed by atoms with Crippen molar-refractivity contribution in [3.63, 3.8) is 0 Å². The summed E-state index contributed by atoms with van der Waals surface area (Å²) >= 11 is 3.24. The number of rotatable bonds is 9. The summed E-state index contributed by atoms with van der Waals surface area (Å²) in [7, 11) is 0.560. The van der Waals surface area contributed by atoms with Crippen LogP contribution in [0, 0.1) is 0 Å². The SMILES string of the molecule is CCOC(=O)c1cccc(-c2cccc(C=O)c2)c1.CCOC(=O)c1cccc(O[B]O)c1.O=Cc1cccc(Br)c1. The van der Waals surface area contributed by atoms with Gasteiger partial charge in [-0.25, -0.2) is 9.59 Å². The van der Waals surface area contributed by atoms with Crippen molar-refractivity contribution in [2.24, 2.45) is 0 Å². The zero-order valence-corrected chi connectivity index (χ0v) is 24.7. The first kappa shape index (κ1) is 33.7. The van der Waals surface area contributed by atoms with Gasteiger partial charge in [0.1, 0.15) is 18.3 Å². The summed E-state index contributed by atoms with van der Waals surface area (Å²) in [6, 6.07) is 28.0. The maximum absolute atomic E-state index is 11.7. The van der Waals surface area contributed by atoms with Gasteiger partial charge in [0.25, 0.3) is 0 Å². The molecule has 0 aliphatic carbocycles. The first-order valence-corrected chi connectivity index (χ1v) is 13.6. The van der Waals surface area contributed by atoms with Gasteiger partial charge >= 0.3 is 19.6 Å². The Labute approximate surface area is 253 Å². The smallest absolute Gasteiger partial charge is 0.537 e. The second-order valence-corrected chi connectivity index (χ2v) is 9.10. The number of benzene rings is 4. The number of carbonyl (C=O) groups is 4. The molecule has 0 aromatic heterocycles.